The molecule has 2 N–H and O–H groups in total. The maximum Gasteiger partial charge on any atom is 0.239 e. The molecule has 0 saturated heterocycles. The van der Waals surface area contributed by atoms with Gasteiger partial charge in [-0.1, -0.05) is 18.2 Å². The molecule has 116 valence electrons. The van der Waals surface area contributed by atoms with Crippen LogP contribution in [-0.2, 0) is 11.2 Å². The number of nitrogens with one attached hydrogen (secondary N) is 2. The number of hydrogen-bond donors (Lipinski definition) is 2. The van der Waals surface area contributed by atoms with Gasteiger partial charge >= 0.3 is 0 Å². The van der Waals surface area contributed by atoms with Gasteiger partial charge in [-0.05, 0) is 19.1 Å². The van der Waals surface area contributed by atoms with Crippen molar-refractivity contribution in [3.05, 3.63) is 46.4 Å². The van der Waals surface area contributed by atoms with Gasteiger partial charge in [-0.3, -0.25) is 4.79 Å². The summed E-state index contributed by atoms with van der Waals surface area (Å²) >= 11 is 1.63. The van der Waals surface area contributed by atoms with Gasteiger partial charge in [0, 0.05) is 24.0 Å². The second kappa shape index (κ2) is 10.4. The van der Waals surface area contributed by atoms with E-state index in [1.807, 2.05) is 42.6 Å². The van der Waals surface area contributed by atoms with Crippen LogP contribution in [0.1, 0.15) is 10.7 Å². The van der Waals surface area contributed by atoms with Crippen molar-refractivity contribution in [3.63, 3.8) is 0 Å². The minimum atomic E-state index is -0.00388. The lowest BCUT2D eigenvalue weighted by atomic mass is 10.3. The fourth-order valence-corrected chi connectivity index (χ4v) is 2.30. The number of halogens is 2. The molecule has 2 aromatic rings. The molecule has 0 spiro atoms. The first kappa shape index (κ1) is 19.7. The first-order valence-corrected chi connectivity index (χ1v) is 7.08. The molecule has 1 amide bonds. The average Bonchev–Trinajstić information content (AvgIpc) is 2.83. The predicted molar refractivity (Wildman–Crippen MR) is 93.0 cm³/mol. The molecule has 0 aliphatic heterocycles. The molecule has 0 radical (unpaired) electrons. The van der Waals surface area contributed by atoms with Crippen molar-refractivity contribution in [2.75, 3.05) is 18.4 Å². The average molecular weight is 348 g/mol. The number of anilines is 1. The van der Waals surface area contributed by atoms with E-state index in [0.717, 1.165) is 22.8 Å². The maximum atomic E-state index is 11.6. The summed E-state index contributed by atoms with van der Waals surface area (Å²) in [4.78, 5) is 16.0. The van der Waals surface area contributed by atoms with E-state index in [1.165, 1.54) is 0 Å². The van der Waals surface area contributed by atoms with Gasteiger partial charge in [0.05, 0.1) is 17.2 Å². The summed E-state index contributed by atoms with van der Waals surface area (Å²) in [6.45, 7) is 2.90. The Kier molecular flexibility index (Phi) is 9.78. The highest BCUT2D eigenvalue weighted by Gasteiger charge is 2.02. The summed E-state index contributed by atoms with van der Waals surface area (Å²) in [7, 11) is 0. The van der Waals surface area contributed by atoms with E-state index in [1.54, 1.807) is 11.3 Å². The van der Waals surface area contributed by atoms with Gasteiger partial charge in [0.25, 0.3) is 0 Å². The number of rotatable bonds is 6. The molecule has 1 aromatic heterocycles. The van der Waals surface area contributed by atoms with Gasteiger partial charge in [-0.15, -0.1) is 36.2 Å². The number of carbonyl (C=O) groups excluding carboxylic acids is 1. The summed E-state index contributed by atoms with van der Waals surface area (Å²) in [5.41, 5.74) is 1.99. The number of nitrogens with zero attached hydrogens (tertiary/aromatic N) is 1. The molecular weight excluding hydrogens is 329 g/mol. The van der Waals surface area contributed by atoms with E-state index < -0.39 is 0 Å². The first-order chi connectivity index (χ1) is 9.24. The zero-order valence-corrected chi connectivity index (χ0v) is 14.1. The molecule has 0 unspecified atom stereocenters. The van der Waals surface area contributed by atoms with E-state index in [-0.39, 0.29) is 30.7 Å². The monoisotopic (exact) mass is 347 g/mol. The maximum absolute atomic E-state index is 11.6. The number of para-hydroxylation sites is 1. The lowest BCUT2D eigenvalue weighted by molar-refractivity contribution is -0.119. The minimum absolute atomic E-state index is 0. The fourth-order valence-electron chi connectivity index (χ4n) is 1.65. The molecule has 4 nitrogen and oxygen atoms in total. The number of aromatic nitrogens is 1. The van der Waals surface area contributed by atoms with Crippen LogP contribution in [0.2, 0.25) is 0 Å². The molecule has 0 atom stereocenters. The molecule has 0 saturated carbocycles. The first-order valence-electron chi connectivity index (χ1n) is 6.20. The number of thiazole rings is 1. The molecule has 1 heterocycles. The third-order valence-corrected chi connectivity index (χ3v) is 3.42. The fraction of sp³-hybridized carbons (Fsp3) is 0.286. The second-order valence-corrected chi connectivity index (χ2v) is 5.24. The van der Waals surface area contributed by atoms with E-state index in [2.05, 4.69) is 15.6 Å². The lowest BCUT2D eigenvalue weighted by Gasteiger charge is -2.06. The van der Waals surface area contributed by atoms with Gasteiger partial charge in [0.2, 0.25) is 5.91 Å². The van der Waals surface area contributed by atoms with E-state index in [4.69, 9.17) is 0 Å². The van der Waals surface area contributed by atoms with Crippen molar-refractivity contribution in [1.29, 1.82) is 0 Å². The van der Waals surface area contributed by atoms with Crippen molar-refractivity contribution in [3.8, 4) is 0 Å². The summed E-state index contributed by atoms with van der Waals surface area (Å²) in [6.07, 6.45) is 0.779. The van der Waals surface area contributed by atoms with Crippen LogP contribution in [-0.4, -0.2) is 24.0 Å². The number of aryl methyl sites for hydroxylation is 1. The Bertz CT molecular complexity index is 534. The largest absolute Gasteiger partial charge is 0.376 e. The zero-order valence-electron chi connectivity index (χ0n) is 11.7. The van der Waals surface area contributed by atoms with Gasteiger partial charge < -0.3 is 10.6 Å². The van der Waals surface area contributed by atoms with Crippen LogP contribution in [0.15, 0.2) is 35.7 Å². The quantitative estimate of drug-likeness (QED) is 0.844. The summed E-state index contributed by atoms with van der Waals surface area (Å²) in [6, 6.07) is 9.69. The molecule has 0 bridgehead atoms. The molecular formula is C14H19Cl2N3OS. The van der Waals surface area contributed by atoms with Crippen molar-refractivity contribution >= 4 is 47.7 Å². The molecule has 1 aromatic carbocycles. The van der Waals surface area contributed by atoms with Crippen molar-refractivity contribution in [1.82, 2.24) is 10.3 Å². The summed E-state index contributed by atoms with van der Waals surface area (Å²) in [5, 5.41) is 9.04. The van der Waals surface area contributed by atoms with E-state index >= 15 is 0 Å². The van der Waals surface area contributed by atoms with Gasteiger partial charge in [-0.25, -0.2) is 4.98 Å². The summed E-state index contributed by atoms with van der Waals surface area (Å²) < 4.78 is 0. The van der Waals surface area contributed by atoms with Crippen LogP contribution in [0, 0.1) is 6.92 Å². The summed E-state index contributed by atoms with van der Waals surface area (Å²) in [5.74, 6) is -0.00388. The molecule has 0 aliphatic rings. The van der Waals surface area contributed by atoms with E-state index in [9.17, 15) is 4.79 Å². The zero-order chi connectivity index (χ0) is 13.5. The molecule has 21 heavy (non-hydrogen) atoms. The SMILES string of the molecule is Cc1nc(CCNC(=O)CNc2ccccc2)cs1.Cl.Cl. The van der Waals surface area contributed by atoms with Crippen LogP contribution in [0.3, 0.4) is 0 Å². The predicted octanol–water partition coefficient (Wildman–Crippen LogP) is 3.07. The van der Waals surface area contributed by atoms with Gasteiger partial charge in [0.1, 0.15) is 0 Å². The number of amides is 1. The third-order valence-electron chi connectivity index (χ3n) is 2.60. The van der Waals surface area contributed by atoms with Gasteiger partial charge in [-0.2, -0.15) is 0 Å². The smallest absolute Gasteiger partial charge is 0.239 e. The van der Waals surface area contributed by atoms with E-state index in [0.29, 0.717) is 13.1 Å². The topological polar surface area (TPSA) is 54.0 Å². The molecule has 7 heteroatoms. The molecule has 0 aliphatic carbocycles. The highest BCUT2D eigenvalue weighted by molar-refractivity contribution is 7.09. The van der Waals surface area contributed by atoms with Gasteiger partial charge in [0.15, 0.2) is 0 Å². The van der Waals surface area contributed by atoms with Crippen LogP contribution in [0.25, 0.3) is 0 Å². The third kappa shape index (κ3) is 7.32. The second-order valence-electron chi connectivity index (χ2n) is 4.18. The minimum Gasteiger partial charge on any atom is -0.376 e. The van der Waals surface area contributed by atoms with Crippen LogP contribution < -0.4 is 10.6 Å². The van der Waals surface area contributed by atoms with Crippen molar-refractivity contribution < 1.29 is 4.79 Å². The number of benzene rings is 1. The highest BCUT2D eigenvalue weighted by atomic mass is 35.5. The molecule has 2 rings (SSSR count). The van der Waals surface area contributed by atoms with Crippen molar-refractivity contribution in [2.24, 2.45) is 0 Å². The van der Waals surface area contributed by atoms with Crippen molar-refractivity contribution in [2.45, 2.75) is 13.3 Å². The standard InChI is InChI=1S/C14H17N3OS.2ClH/c1-11-17-13(10-19-11)7-8-15-14(18)9-16-12-5-3-2-4-6-12;;/h2-6,10,16H,7-9H2,1H3,(H,15,18);2*1H. The van der Waals surface area contributed by atoms with Crippen LogP contribution >= 0.6 is 36.2 Å². The number of carbonyl (C=O) groups is 1. The Morgan fingerprint density at radius 3 is 2.57 bits per heavy atom. The lowest BCUT2D eigenvalue weighted by Crippen LogP contribution is -2.31. The Hall–Kier alpha value is -1.30. The Labute approximate surface area is 141 Å². The van der Waals surface area contributed by atoms with Crippen LogP contribution in [0.4, 0.5) is 5.69 Å². The highest BCUT2D eigenvalue weighted by Crippen LogP contribution is 2.07. The van der Waals surface area contributed by atoms with Crippen LogP contribution in [0.5, 0.6) is 0 Å². The Balaban J connectivity index is 0.00000200. The Morgan fingerprint density at radius 2 is 1.95 bits per heavy atom. The number of hydrogen-bond acceptors (Lipinski definition) is 4. The normalized spacial score (nSPS) is 9.19. The Morgan fingerprint density at radius 1 is 1.24 bits per heavy atom. The molecule has 0 fully saturated rings.